The fourth-order valence-corrected chi connectivity index (χ4v) is 5.55. The van der Waals surface area contributed by atoms with E-state index in [2.05, 4.69) is 32.4 Å². The number of hydrogen-bond acceptors (Lipinski definition) is 6. The van der Waals surface area contributed by atoms with Crippen molar-refractivity contribution < 1.29 is 19.4 Å². The molecule has 4 aromatic rings. The summed E-state index contributed by atoms with van der Waals surface area (Å²) < 4.78 is 14.1. The lowest BCUT2D eigenvalue weighted by molar-refractivity contribution is -0.160. The number of nitrogens with zero attached hydrogens (tertiary/aromatic N) is 4. The third-order valence-electron chi connectivity index (χ3n) is 6.90. The summed E-state index contributed by atoms with van der Waals surface area (Å²) in [6.45, 7) is 13.4. The Hall–Kier alpha value is -3.62. The van der Waals surface area contributed by atoms with Gasteiger partial charge in [0.15, 0.2) is 11.9 Å². The van der Waals surface area contributed by atoms with Crippen LogP contribution in [0.15, 0.2) is 42.7 Å². The molecule has 1 atom stereocenters. The van der Waals surface area contributed by atoms with Crippen LogP contribution in [0.1, 0.15) is 50.6 Å². The molecule has 3 heterocycles. The quantitative estimate of drug-likeness (QED) is 0.270. The Labute approximate surface area is 233 Å². The van der Waals surface area contributed by atoms with E-state index < -0.39 is 17.7 Å². The second kappa shape index (κ2) is 10.2. The third-order valence-corrected chi connectivity index (χ3v) is 7.15. The Morgan fingerprint density at radius 2 is 1.79 bits per heavy atom. The lowest BCUT2D eigenvalue weighted by Crippen LogP contribution is -2.32. The van der Waals surface area contributed by atoms with Gasteiger partial charge in [0.2, 0.25) is 5.95 Å². The van der Waals surface area contributed by atoms with E-state index in [-0.39, 0.29) is 0 Å². The van der Waals surface area contributed by atoms with Crippen LogP contribution in [0, 0.1) is 13.8 Å². The van der Waals surface area contributed by atoms with Crippen molar-refractivity contribution in [2.24, 2.45) is 0 Å². The van der Waals surface area contributed by atoms with Crippen molar-refractivity contribution in [1.29, 1.82) is 0 Å². The highest BCUT2D eigenvalue weighted by molar-refractivity contribution is 6.30. The Kier molecular flexibility index (Phi) is 7.03. The van der Waals surface area contributed by atoms with Crippen LogP contribution in [0.3, 0.4) is 0 Å². The number of carbonyl (C=O) groups is 1. The first-order valence-corrected chi connectivity index (χ1v) is 13.4. The van der Waals surface area contributed by atoms with Crippen LogP contribution in [-0.4, -0.2) is 44.4 Å². The minimum absolute atomic E-state index is 0.527. The average Bonchev–Trinajstić information content (AvgIpc) is 3.22. The zero-order valence-corrected chi connectivity index (χ0v) is 23.8. The van der Waals surface area contributed by atoms with Gasteiger partial charge in [-0.15, -0.1) is 0 Å². The molecule has 1 N–H and O–H groups in total. The van der Waals surface area contributed by atoms with Gasteiger partial charge in [0.25, 0.3) is 0 Å². The van der Waals surface area contributed by atoms with Crippen LogP contribution in [0.5, 0.6) is 5.75 Å². The monoisotopic (exact) mass is 548 g/mol. The fraction of sp³-hybridized carbons (Fsp3) is 0.367. The molecule has 0 saturated carbocycles. The summed E-state index contributed by atoms with van der Waals surface area (Å²) in [5.41, 5.74) is 5.41. The Morgan fingerprint density at radius 3 is 2.38 bits per heavy atom. The van der Waals surface area contributed by atoms with Crippen LogP contribution in [0.25, 0.3) is 22.0 Å². The fourth-order valence-electron chi connectivity index (χ4n) is 5.42. The van der Waals surface area contributed by atoms with Crippen molar-refractivity contribution in [3.05, 3.63) is 64.6 Å². The highest BCUT2D eigenvalue weighted by Crippen LogP contribution is 2.49. The Morgan fingerprint density at radius 1 is 1.13 bits per heavy atom. The standard InChI is InChI=1S/C30H33ClN4O4/c1-7-38-21-15-32-29(33-16-21)35-13-12-34-17(2)14-22-24(19-8-10-20(31)11-9-19)23(18(3)25(35)26(22)34)27(28(36)37)39-30(4,5)6/h8-11,14-16,27H,7,12-13H2,1-6H3,(H,36,37)/t27-/m0/s1. The molecule has 0 saturated heterocycles. The molecule has 8 nitrogen and oxygen atoms in total. The summed E-state index contributed by atoms with van der Waals surface area (Å²) in [4.78, 5) is 24.1. The largest absolute Gasteiger partial charge is 0.491 e. The van der Waals surface area contributed by atoms with E-state index in [0.717, 1.165) is 45.5 Å². The van der Waals surface area contributed by atoms with E-state index in [1.54, 1.807) is 12.4 Å². The smallest absolute Gasteiger partial charge is 0.337 e. The summed E-state index contributed by atoms with van der Waals surface area (Å²) >= 11 is 6.24. The molecule has 0 fully saturated rings. The van der Waals surface area contributed by atoms with Crippen LogP contribution >= 0.6 is 11.6 Å². The average molecular weight is 549 g/mol. The summed E-state index contributed by atoms with van der Waals surface area (Å²) in [6.07, 6.45) is 2.14. The molecule has 204 valence electrons. The Bertz CT molecular complexity index is 1540. The minimum atomic E-state index is -1.20. The van der Waals surface area contributed by atoms with Gasteiger partial charge in [0.05, 0.1) is 35.8 Å². The number of ether oxygens (including phenoxy) is 2. The second-order valence-corrected chi connectivity index (χ2v) is 11.2. The predicted molar refractivity (Wildman–Crippen MR) is 153 cm³/mol. The molecule has 39 heavy (non-hydrogen) atoms. The maximum Gasteiger partial charge on any atom is 0.337 e. The first-order chi connectivity index (χ1) is 18.5. The van der Waals surface area contributed by atoms with E-state index in [1.807, 2.05) is 58.9 Å². The van der Waals surface area contributed by atoms with Gasteiger partial charge in [-0.25, -0.2) is 14.8 Å². The van der Waals surface area contributed by atoms with Crippen LogP contribution in [-0.2, 0) is 16.1 Å². The molecule has 1 aliphatic rings. The lowest BCUT2D eigenvalue weighted by atomic mass is 9.87. The van der Waals surface area contributed by atoms with Gasteiger partial charge < -0.3 is 24.0 Å². The van der Waals surface area contributed by atoms with Gasteiger partial charge >= 0.3 is 5.97 Å². The molecular formula is C30H33ClN4O4. The van der Waals surface area contributed by atoms with Gasteiger partial charge in [-0.1, -0.05) is 23.7 Å². The number of halogens is 1. The van der Waals surface area contributed by atoms with Crippen molar-refractivity contribution in [3.63, 3.8) is 0 Å². The minimum Gasteiger partial charge on any atom is -0.491 e. The van der Waals surface area contributed by atoms with Gasteiger partial charge in [0.1, 0.15) is 0 Å². The van der Waals surface area contributed by atoms with E-state index >= 15 is 0 Å². The maximum absolute atomic E-state index is 12.8. The SMILES string of the molecule is CCOc1cnc(N2CCn3c(C)cc4c(-c5ccc(Cl)cc5)c([C@H](OC(C)(C)C)C(=O)O)c(C)c2c43)nc1. The topological polar surface area (TPSA) is 89.7 Å². The molecule has 0 bridgehead atoms. The van der Waals surface area contributed by atoms with E-state index in [1.165, 1.54) is 0 Å². The molecule has 0 radical (unpaired) electrons. The number of carboxylic acid groups (broad SMARTS) is 1. The predicted octanol–water partition coefficient (Wildman–Crippen LogP) is 6.86. The highest BCUT2D eigenvalue weighted by Gasteiger charge is 2.36. The first-order valence-electron chi connectivity index (χ1n) is 13.1. The van der Waals surface area contributed by atoms with E-state index in [9.17, 15) is 9.90 Å². The molecule has 5 rings (SSSR count). The first kappa shape index (κ1) is 27.0. The Balaban J connectivity index is 1.85. The van der Waals surface area contributed by atoms with Crippen molar-refractivity contribution in [1.82, 2.24) is 14.5 Å². The summed E-state index contributed by atoms with van der Waals surface area (Å²) in [7, 11) is 0. The number of aryl methyl sites for hydroxylation is 1. The van der Waals surface area contributed by atoms with Crippen LogP contribution < -0.4 is 9.64 Å². The van der Waals surface area contributed by atoms with Crippen molar-refractivity contribution in [3.8, 4) is 16.9 Å². The second-order valence-electron chi connectivity index (χ2n) is 10.7. The molecule has 0 amide bonds. The van der Waals surface area contributed by atoms with Gasteiger partial charge in [-0.3, -0.25) is 0 Å². The summed E-state index contributed by atoms with van der Waals surface area (Å²) in [6, 6.07) is 9.64. The zero-order valence-electron chi connectivity index (χ0n) is 23.1. The third kappa shape index (κ3) is 4.94. The number of rotatable bonds is 7. The van der Waals surface area contributed by atoms with Gasteiger partial charge in [-0.05, 0) is 76.4 Å². The number of aromatic nitrogens is 3. The number of aliphatic carboxylic acids is 1. The lowest BCUT2D eigenvalue weighted by Gasteiger charge is -2.34. The zero-order chi connectivity index (χ0) is 28.1. The van der Waals surface area contributed by atoms with Crippen molar-refractivity contribution in [2.75, 3.05) is 18.1 Å². The van der Waals surface area contributed by atoms with Crippen LogP contribution in [0.2, 0.25) is 5.02 Å². The van der Waals surface area contributed by atoms with Gasteiger partial charge in [0, 0.05) is 34.8 Å². The molecule has 0 spiro atoms. The number of benzene rings is 2. The van der Waals surface area contributed by atoms with Crippen LogP contribution in [0.4, 0.5) is 11.6 Å². The van der Waals surface area contributed by atoms with Crippen molar-refractivity contribution in [2.45, 2.75) is 59.8 Å². The highest BCUT2D eigenvalue weighted by atomic mass is 35.5. The molecule has 9 heteroatoms. The molecule has 0 unspecified atom stereocenters. The normalized spacial score (nSPS) is 14.1. The number of hydrogen-bond donors (Lipinski definition) is 1. The maximum atomic E-state index is 12.8. The molecule has 2 aromatic carbocycles. The summed E-state index contributed by atoms with van der Waals surface area (Å²) in [5.74, 6) is 0.0787. The number of carboxylic acids is 1. The summed E-state index contributed by atoms with van der Waals surface area (Å²) in [5, 5.41) is 12.1. The van der Waals surface area contributed by atoms with E-state index in [4.69, 9.17) is 21.1 Å². The van der Waals surface area contributed by atoms with Gasteiger partial charge in [-0.2, -0.15) is 0 Å². The molecule has 2 aromatic heterocycles. The molecule has 0 aliphatic carbocycles. The van der Waals surface area contributed by atoms with E-state index in [0.29, 0.717) is 35.4 Å². The van der Waals surface area contributed by atoms with Crippen molar-refractivity contribution >= 4 is 40.1 Å². The molecule has 1 aliphatic heterocycles. The molecular weight excluding hydrogens is 516 g/mol. The number of anilines is 2.